The molecule has 7 heteroatoms. The topological polar surface area (TPSA) is 53.0 Å². The van der Waals surface area contributed by atoms with Crippen LogP contribution in [0.2, 0.25) is 0 Å². The molecule has 1 aromatic carbocycles. The second-order valence-electron chi connectivity index (χ2n) is 8.16. The molecule has 4 rings (SSSR count). The third kappa shape index (κ3) is 6.32. The van der Waals surface area contributed by atoms with E-state index in [9.17, 15) is 0 Å². The number of likely N-dealkylation sites (tertiary alicyclic amines) is 1. The van der Waals surface area contributed by atoms with E-state index in [2.05, 4.69) is 76.4 Å². The summed E-state index contributed by atoms with van der Waals surface area (Å²) in [7, 11) is 0. The zero-order chi connectivity index (χ0) is 20.8. The lowest BCUT2D eigenvalue weighted by atomic mass is 9.99. The van der Waals surface area contributed by atoms with Gasteiger partial charge in [-0.1, -0.05) is 36.4 Å². The zero-order valence-electron chi connectivity index (χ0n) is 18.5. The lowest BCUT2D eigenvalue weighted by Gasteiger charge is -2.32. The zero-order valence-corrected chi connectivity index (χ0v) is 20.9. The number of rotatable bonds is 5. The average molecular weight is 535 g/mol. The monoisotopic (exact) mass is 535 g/mol. The van der Waals surface area contributed by atoms with E-state index in [1.807, 2.05) is 6.20 Å². The second-order valence-corrected chi connectivity index (χ2v) is 8.16. The maximum atomic E-state index is 5.63. The van der Waals surface area contributed by atoms with Crippen LogP contribution in [0.1, 0.15) is 37.3 Å². The van der Waals surface area contributed by atoms with Crippen molar-refractivity contribution in [3.05, 3.63) is 59.8 Å². The molecule has 6 nitrogen and oxygen atoms in total. The van der Waals surface area contributed by atoms with Crippen LogP contribution in [0.25, 0.3) is 0 Å². The number of hydrogen-bond acceptors (Lipinski definition) is 4. The molecule has 3 heterocycles. The van der Waals surface area contributed by atoms with Gasteiger partial charge in [-0.25, -0.2) is 9.98 Å². The summed E-state index contributed by atoms with van der Waals surface area (Å²) in [6.07, 6.45) is 3.38. The Morgan fingerprint density at radius 3 is 2.71 bits per heavy atom. The molecule has 2 unspecified atom stereocenters. The predicted octanol–water partition coefficient (Wildman–Crippen LogP) is 3.88. The normalized spacial score (nSPS) is 21.7. The number of guanidine groups is 1. The van der Waals surface area contributed by atoms with Gasteiger partial charge >= 0.3 is 0 Å². The molecule has 0 aliphatic carbocycles. The predicted molar refractivity (Wildman–Crippen MR) is 137 cm³/mol. The molecule has 1 aromatic heterocycles. The van der Waals surface area contributed by atoms with Crippen molar-refractivity contribution in [1.82, 2.24) is 15.2 Å². The van der Waals surface area contributed by atoms with E-state index in [4.69, 9.17) is 9.73 Å². The van der Waals surface area contributed by atoms with Crippen LogP contribution in [-0.4, -0.2) is 61.3 Å². The van der Waals surface area contributed by atoms with Gasteiger partial charge in [0.25, 0.3) is 0 Å². The number of pyridine rings is 1. The van der Waals surface area contributed by atoms with E-state index in [-0.39, 0.29) is 30.1 Å². The van der Waals surface area contributed by atoms with Gasteiger partial charge in [0.15, 0.2) is 5.96 Å². The Kier molecular flexibility index (Phi) is 8.95. The summed E-state index contributed by atoms with van der Waals surface area (Å²) in [5.41, 5.74) is 2.56. The third-order valence-electron chi connectivity index (χ3n) is 5.88. The number of ether oxygens (including phenoxy) is 1. The third-order valence-corrected chi connectivity index (χ3v) is 5.88. The summed E-state index contributed by atoms with van der Waals surface area (Å²) in [6, 6.07) is 15.1. The van der Waals surface area contributed by atoms with E-state index in [0.717, 1.165) is 56.7 Å². The van der Waals surface area contributed by atoms with E-state index < -0.39 is 0 Å². The fourth-order valence-corrected chi connectivity index (χ4v) is 4.27. The van der Waals surface area contributed by atoms with Crippen LogP contribution >= 0.6 is 24.0 Å². The lowest BCUT2D eigenvalue weighted by Crippen LogP contribution is -2.41. The molecule has 2 fully saturated rings. The second kappa shape index (κ2) is 11.7. The van der Waals surface area contributed by atoms with Gasteiger partial charge in [0.05, 0.1) is 19.3 Å². The van der Waals surface area contributed by atoms with Crippen LogP contribution in [-0.2, 0) is 11.3 Å². The van der Waals surface area contributed by atoms with Gasteiger partial charge in [-0.05, 0) is 37.5 Å². The summed E-state index contributed by atoms with van der Waals surface area (Å²) in [5, 5.41) is 3.47. The van der Waals surface area contributed by atoms with Gasteiger partial charge in [0, 0.05) is 44.8 Å². The first-order chi connectivity index (χ1) is 14.7. The van der Waals surface area contributed by atoms with Crippen molar-refractivity contribution >= 4 is 35.8 Å². The summed E-state index contributed by atoms with van der Waals surface area (Å²) < 4.78 is 5.63. The Hall–Kier alpha value is -1.87. The molecular formula is C24H34IN5O. The minimum atomic E-state index is 0. The molecule has 2 aliphatic rings. The van der Waals surface area contributed by atoms with Crippen LogP contribution in [0.4, 0.5) is 5.82 Å². The number of nitrogens with one attached hydrogen (secondary N) is 1. The van der Waals surface area contributed by atoms with Gasteiger partial charge in [0.1, 0.15) is 5.82 Å². The molecule has 0 bridgehead atoms. The summed E-state index contributed by atoms with van der Waals surface area (Å²) in [6.45, 7) is 10.4. The van der Waals surface area contributed by atoms with Crippen molar-refractivity contribution in [2.75, 3.05) is 44.2 Å². The average Bonchev–Trinajstić information content (AvgIpc) is 3.28. The van der Waals surface area contributed by atoms with Crippen molar-refractivity contribution < 1.29 is 4.74 Å². The Morgan fingerprint density at radius 1 is 1.16 bits per heavy atom. The highest BCUT2D eigenvalue weighted by molar-refractivity contribution is 14.0. The highest BCUT2D eigenvalue weighted by atomic mass is 127. The first-order valence-electron chi connectivity index (χ1n) is 11.1. The number of morpholine rings is 1. The maximum Gasteiger partial charge on any atom is 0.194 e. The molecular weight excluding hydrogens is 501 g/mol. The molecule has 2 atom stereocenters. The Labute approximate surface area is 203 Å². The molecule has 1 N–H and O–H groups in total. The standard InChI is InChI=1S/C24H33N5O.HI/c1-3-25-24(29-12-11-22(18-29)21-7-5-4-6-8-21)27-16-20-9-10-23(26-15-20)28-13-14-30-19(2)17-28;/h4-10,15,19,22H,3,11-14,16-18H2,1-2H3,(H,25,27);1H. The van der Waals surface area contributed by atoms with Gasteiger partial charge < -0.3 is 19.9 Å². The van der Waals surface area contributed by atoms with Crippen LogP contribution in [0.3, 0.4) is 0 Å². The van der Waals surface area contributed by atoms with E-state index in [0.29, 0.717) is 12.5 Å². The molecule has 2 aromatic rings. The fraction of sp³-hybridized carbons (Fsp3) is 0.500. The number of hydrogen-bond donors (Lipinski definition) is 1. The molecule has 0 amide bonds. The van der Waals surface area contributed by atoms with Crippen molar-refractivity contribution in [1.29, 1.82) is 0 Å². The minimum absolute atomic E-state index is 0. The van der Waals surface area contributed by atoms with Crippen LogP contribution in [0.5, 0.6) is 0 Å². The summed E-state index contributed by atoms with van der Waals surface area (Å²) in [5.74, 6) is 2.60. The molecule has 0 spiro atoms. The largest absolute Gasteiger partial charge is 0.375 e. The molecule has 168 valence electrons. The Balaban J connectivity index is 0.00000272. The first kappa shape index (κ1) is 23.8. The van der Waals surface area contributed by atoms with E-state index in [1.54, 1.807) is 0 Å². The number of aromatic nitrogens is 1. The quantitative estimate of drug-likeness (QED) is 0.358. The van der Waals surface area contributed by atoms with Crippen molar-refractivity contribution in [3.8, 4) is 0 Å². The SMILES string of the molecule is CCNC(=NCc1ccc(N2CCOC(C)C2)nc1)N1CCC(c2ccccc2)C1.I. The highest BCUT2D eigenvalue weighted by Crippen LogP contribution is 2.27. The van der Waals surface area contributed by atoms with E-state index >= 15 is 0 Å². The summed E-state index contributed by atoms with van der Waals surface area (Å²) in [4.78, 5) is 14.3. The van der Waals surface area contributed by atoms with Crippen molar-refractivity contribution in [2.24, 2.45) is 4.99 Å². The van der Waals surface area contributed by atoms with E-state index in [1.165, 1.54) is 12.0 Å². The molecule has 2 saturated heterocycles. The van der Waals surface area contributed by atoms with Crippen molar-refractivity contribution in [3.63, 3.8) is 0 Å². The number of benzene rings is 1. The van der Waals surface area contributed by atoms with Crippen LogP contribution < -0.4 is 10.2 Å². The van der Waals surface area contributed by atoms with Gasteiger partial charge in [-0.2, -0.15) is 0 Å². The summed E-state index contributed by atoms with van der Waals surface area (Å²) >= 11 is 0. The minimum Gasteiger partial charge on any atom is -0.375 e. The van der Waals surface area contributed by atoms with Gasteiger partial charge in [-0.3, -0.25) is 0 Å². The van der Waals surface area contributed by atoms with Crippen LogP contribution in [0.15, 0.2) is 53.7 Å². The van der Waals surface area contributed by atoms with Crippen LogP contribution in [0, 0.1) is 0 Å². The molecule has 0 radical (unpaired) electrons. The first-order valence-corrected chi connectivity index (χ1v) is 11.1. The number of aliphatic imine (C=N–C) groups is 1. The number of nitrogens with zero attached hydrogens (tertiary/aromatic N) is 4. The fourth-order valence-electron chi connectivity index (χ4n) is 4.27. The van der Waals surface area contributed by atoms with Gasteiger partial charge in [-0.15, -0.1) is 24.0 Å². The number of halogens is 1. The highest BCUT2D eigenvalue weighted by Gasteiger charge is 2.26. The Bertz CT molecular complexity index is 830. The smallest absolute Gasteiger partial charge is 0.194 e. The molecule has 2 aliphatic heterocycles. The van der Waals surface area contributed by atoms with Crippen molar-refractivity contribution in [2.45, 2.75) is 38.8 Å². The van der Waals surface area contributed by atoms with Gasteiger partial charge in [0.2, 0.25) is 0 Å². The maximum absolute atomic E-state index is 5.63. The number of anilines is 1. The lowest BCUT2D eigenvalue weighted by molar-refractivity contribution is 0.0529. The molecule has 0 saturated carbocycles. The Morgan fingerprint density at radius 2 is 2.00 bits per heavy atom. The molecule has 31 heavy (non-hydrogen) atoms.